The number of carbonyl (C=O) groups is 3. The van der Waals surface area contributed by atoms with E-state index in [1.165, 1.54) is 13.2 Å². The van der Waals surface area contributed by atoms with E-state index in [4.69, 9.17) is 9.47 Å². The Hall–Kier alpha value is -4.13. The lowest BCUT2D eigenvalue weighted by atomic mass is 9.93. The second-order valence-electron chi connectivity index (χ2n) is 10.2. The molecular formula is C29H30FN5O5S. The largest absolute Gasteiger partial charge is 0.451 e. The van der Waals surface area contributed by atoms with Gasteiger partial charge in [-0.2, -0.15) is 4.68 Å². The molecular weight excluding hydrogens is 549 g/mol. The summed E-state index contributed by atoms with van der Waals surface area (Å²) >= 11 is 1.01. The first-order valence-electron chi connectivity index (χ1n) is 13.0. The van der Waals surface area contributed by atoms with Gasteiger partial charge < -0.3 is 20.1 Å². The number of carbonyl (C=O) groups excluding carboxylic acids is 3. The smallest absolute Gasteiger partial charge is 0.435 e. The summed E-state index contributed by atoms with van der Waals surface area (Å²) in [6.07, 6.45) is -0.775. The van der Waals surface area contributed by atoms with E-state index in [-0.39, 0.29) is 10.7 Å². The maximum atomic E-state index is 14.4. The number of amides is 2. The van der Waals surface area contributed by atoms with Crippen LogP contribution in [0, 0.1) is 5.82 Å². The van der Waals surface area contributed by atoms with Crippen molar-refractivity contribution < 1.29 is 28.2 Å². The van der Waals surface area contributed by atoms with Crippen LogP contribution >= 0.6 is 11.3 Å². The molecule has 10 nitrogen and oxygen atoms in total. The number of nitrogens with zero attached hydrogens (tertiary/aromatic N) is 3. The molecule has 4 aromatic rings. The van der Waals surface area contributed by atoms with Gasteiger partial charge in [0.1, 0.15) is 10.6 Å². The number of benzene rings is 2. The van der Waals surface area contributed by atoms with Gasteiger partial charge in [0.05, 0.1) is 36.1 Å². The van der Waals surface area contributed by atoms with Gasteiger partial charge in [0.15, 0.2) is 5.82 Å². The van der Waals surface area contributed by atoms with Gasteiger partial charge >= 0.3 is 6.09 Å². The zero-order chi connectivity index (χ0) is 29.1. The Morgan fingerprint density at radius 3 is 2.46 bits per heavy atom. The fourth-order valence-corrected chi connectivity index (χ4v) is 5.66. The van der Waals surface area contributed by atoms with Crippen LogP contribution in [0.1, 0.15) is 45.0 Å². The number of methoxy groups -OCH3 is 1. The molecule has 2 amide bonds. The van der Waals surface area contributed by atoms with E-state index < -0.39 is 29.3 Å². The number of halogens is 1. The summed E-state index contributed by atoms with van der Waals surface area (Å²) < 4.78 is 25.7. The Labute approximate surface area is 240 Å². The molecule has 2 aromatic carbocycles. The molecule has 12 heteroatoms. The predicted octanol–water partition coefficient (Wildman–Crippen LogP) is 4.60. The first-order valence-corrected chi connectivity index (χ1v) is 13.9. The maximum absolute atomic E-state index is 14.4. The van der Waals surface area contributed by atoms with Crippen molar-refractivity contribution in [2.45, 2.75) is 25.9 Å². The minimum atomic E-state index is -1.02. The molecule has 0 unspecified atom stereocenters. The molecule has 0 saturated carbocycles. The summed E-state index contributed by atoms with van der Waals surface area (Å²) in [7, 11) is 1.21. The monoisotopic (exact) mass is 579 g/mol. The van der Waals surface area contributed by atoms with Crippen LogP contribution in [-0.4, -0.2) is 66.0 Å². The third-order valence-corrected chi connectivity index (χ3v) is 7.97. The molecule has 1 fully saturated rings. The predicted molar refractivity (Wildman–Crippen MR) is 153 cm³/mol. The molecule has 0 aliphatic carbocycles. The number of hydrogen-bond donors (Lipinski definition) is 2. The van der Waals surface area contributed by atoms with Gasteiger partial charge in [0, 0.05) is 30.8 Å². The molecule has 0 spiro atoms. The van der Waals surface area contributed by atoms with E-state index in [9.17, 15) is 18.8 Å². The topological polar surface area (TPSA) is 115 Å². The number of ether oxygens (including phenoxy) is 2. The van der Waals surface area contributed by atoms with Gasteiger partial charge in [-0.25, -0.2) is 9.18 Å². The highest BCUT2D eigenvalue weighted by molar-refractivity contribution is 7.20. The minimum absolute atomic E-state index is 0.108. The van der Waals surface area contributed by atoms with Crippen LogP contribution in [0.15, 0.2) is 54.6 Å². The Bertz CT molecular complexity index is 1590. The maximum Gasteiger partial charge on any atom is 0.435 e. The molecule has 2 aromatic heterocycles. The highest BCUT2D eigenvalue weighted by Gasteiger charge is 2.29. The first-order chi connectivity index (χ1) is 19.7. The van der Waals surface area contributed by atoms with Gasteiger partial charge in [0.2, 0.25) is 0 Å². The van der Waals surface area contributed by atoms with Crippen molar-refractivity contribution in [3.63, 3.8) is 0 Å². The Morgan fingerprint density at radius 1 is 1.07 bits per heavy atom. The molecule has 214 valence electrons. The van der Waals surface area contributed by atoms with Gasteiger partial charge in [0.25, 0.3) is 11.8 Å². The number of nitrogens with one attached hydrogen (secondary N) is 2. The van der Waals surface area contributed by atoms with E-state index in [1.807, 2.05) is 12.1 Å². The Kier molecular flexibility index (Phi) is 8.15. The lowest BCUT2D eigenvalue weighted by Crippen LogP contribution is -2.41. The summed E-state index contributed by atoms with van der Waals surface area (Å²) in [6, 6.07) is 15.0. The molecule has 0 atom stereocenters. The van der Waals surface area contributed by atoms with Crippen molar-refractivity contribution in [3.05, 3.63) is 82.0 Å². The molecule has 2 N–H and O–H groups in total. The second-order valence-corrected chi connectivity index (χ2v) is 11.2. The van der Waals surface area contributed by atoms with E-state index in [0.717, 1.165) is 41.2 Å². The highest BCUT2D eigenvalue weighted by atomic mass is 32.1. The van der Waals surface area contributed by atoms with Crippen molar-refractivity contribution >= 4 is 45.3 Å². The average molecular weight is 580 g/mol. The quantitative estimate of drug-likeness (QED) is 0.329. The first kappa shape index (κ1) is 28.4. The lowest BCUT2D eigenvalue weighted by molar-refractivity contribution is 0.0342. The number of anilines is 1. The van der Waals surface area contributed by atoms with Crippen molar-refractivity contribution in [2.24, 2.45) is 0 Å². The molecule has 1 saturated heterocycles. The van der Waals surface area contributed by atoms with Crippen molar-refractivity contribution in [3.8, 4) is 0 Å². The normalized spacial score (nSPS) is 14.1. The summed E-state index contributed by atoms with van der Waals surface area (Å²) in [5.74, 6) is -1.22. The standard InChI is InChI=1S/C29H30FN5O5S/c1-29(2,21-6-4-5-7-22(21)30)32-26(37)23-16-20-24(33-35(27(20)41-23)28(38)39-3)31-25(36)19-10-8-18(9-11-19)17-34-12-14-40-15-13-34/h4-11,16H,12-15,17H2,1-3H3,(H,32,37)(H,31,33,36). The molecule has 3 heterocycles. The highest BCUT2D eigenvalue weighted by Crippen LogP contribution is 2.33. The molecule has 5 rings (SSSR count). The van der Waals surface area contributed by atoms with Crippen LogP contribution in [0.4, 0.5) is 15.0 Å². The summed E-state index contributed by atoms with van der Waals surface area (Å²) in [5, 5.41) is 10.2. The average Bonchev–Trinajstić information content (AvgIpc) is 3.54. The van der Waals surface area contributed by atoms with Gasteiger partial charge in [-0.1, -0.05) is 30.3 Å². The minimum Gasteiger partial charge on any atom is -0.451 e. The van der Waals surface area contributed by atoms with Crippen LogP contribution in [0.3, 0.4) is 0 Å². The van der Waals surface area contributed by atoms with E-state index >= 15 is 0 Å². The van der Waals surface area contributed by atoms with Crippen LogP contribution in [0.2, 0.25) is 0 Å². The zero-order valence-corrected chi connectivity index (χ0v) is 23.7. The van der Waals surface area contributed by atoms with Crippen LogP contribution < -0.4 is 10.6 Å². The van der Waals surface area contributed by atoms with Crippen LogP contribution in [0.25, 0.3) is 10.2 Å². The number of fused-ring (bicyclic) bond motifs is 1. The molecule has 0 bridgehead atoms. The molecule has 0 radical (unpaired) electrons. The summed E-state index contributed by atoms with van der Waals surface area (Å²) in [4.78, 5) is 41.6. The van der Waals surface area contributed by atoms with E-state index in [2.05, 4.69) is 20.6 Å². The molecule has 1 aliphatic rings. The molecule has 1 aliphatic heterocycles. The second kappa shape index (κ2) is 11.8. The summed E-state index contributed by atoms with van der Waals surface area (Å²) in [5.41, 5.74) is 0.806. The lowest BCUT2D eigenvalue weighted by Gasteiger charge is -2.27. The molecule has 41 heavy (non-hydrogen) atoms. The number of morpholine rings is 1. The van der Waals surface area contributed by atoms with Gasteiger partial charge in [-0.15, -0.1) is 16.4 Å². The third kappa shape index (κ3) is 6.14. The van der Waals surface area contributed by atoms with Gasteiger partial charge in [-0.05, 0) is 43.7 Å². The zero-order valence-electron chi connectivity index (χ0n) is 22.9. The van der Waals surface area contributed by atoms with Crippen molar-refractivity contribution in [2.75, 3.05) is 38.7 Å². The SMILES string of the molecule is COC(=O)n1nc(NC(=O)c2ccc(CN3CCOCC3)cc2)c2cc(C(=O)NC(C)(C)c3ccccc3F)sc21. The fourth-order valence-electron chi connectivity index (χ4n) is 4.66. The van der Waals surface area contributed by atoms with E-state index in [0.29, 0.717) is 34.6 Å². The summed E-state index contributed by atoms with van der Waals surface area (Å²) in [6.45, 7) is 7.31. The van der Waals surface area contributed by atoms with Gasteiger partial charge in [-0.3, -0.25) is 14.5 Å². The number of hydrogen-bond acceptors (Lipinski definition) is 8. The third-order valence-electron chi connectivity index (χ3n) is 6.86. The van der Waals surface area contributed by atoms with Crippen molar-refractivity contribution in [1.29, 1.82) is 0 Å². The van der Waals surface area contributed by atoms with E-state index in [1.54, 1.807) is 50.2 Å². The Balaban J connectivity index is 1.36. The number of rotatable bonds is 7. The number of aromatic nitrogens is 2. The van der Waals surface area contributed by atoms with Crippen LogP contribution in [-0.2, 0) is 21.6 Å². The number of thiophene rings is 1. The Morgan fingerprint density at radius 2 is 1.78 bits per heavy atom. The van der Waals surface area contributed by atoms with Crippen LogP contribution in [0.5, 0.6) is 0 Å². The fraction of sp³-hybridized carbons (Fsp3) is 0.310. The van der Waals surface area contributed by atoms with Crippen molar-refractivity contribution in [1.82, 2.24) is 20.0 Å².